The van der Waals surface area contributed by atoms with Gasteiger partial charge in [0.25, 0.3) is 0 Å². The predicted octanol–water partition coefficient (Wildman–Crippen LogP) is 3.42. The molecule has 1 aliphatic rings. The molecule has 1 aromatic carbocycles. The molecule has 27 heavy (non-hydrogen) atoms. The van der Waals surface area contributed by atoms with Gasteiger partial charge in [-0.2, -0.15) is 8.78 Å². The van der Waals surface area contributed by atoms with Crippen molar-refractivity contribution >= 4 is 5.96 Å². The summed E-state index contributed by atoms with van der Waals surface area (Å²) in [7, 11) is 3.75. The molecule has 1 aromatic rings. The van der Waals surface area contributed by atoms with Crippen LogP contribution in [0, 0.1) is 5.92 Å². The van der Waals surface area contributed by atoms with E-state index in [1.165, 1.54) is 25.9 Å². The van der Waals surface area contributed by atoms with E-state index in [2.05, 4.69) is 26.9 Å². The SMILES string of the molecule is CCN1CCC(CCNC(=NC)N(C)Cc2ccc(OC(F)F)cc2)CC1. The van der Waals surface area contributed by atoms with Crippen molar-refractivity contribution in [3.8, 4) is 5.75 Å². The molecular weight excluding hydrogens is 350 g/mol. The van der Waals surface area contributed by atoms with Gasteiger partial charge in [-0.25, -0.2) is 0 Å². The first-order valence-electron chi connectivity index (χ1n) is 9.69. The van der Waals surface area contributed by atoms with Gasteiger partial charge in [-0.1, -0.05) is 19.1 Å². The number of hydrogen-bond donors (Lipinski definition) is 1. The third-order valence-corrected chi connectivity index (χ3v) is 5.13. The first-order chi connectivity index (χ1) is 13.0. The minimum atomic E-state index is -2.80. The summed E-state index contributed by atoms with van der Waals surface area (Å²) in [6.07, 6.45) is 3.71. The Labute approximate surface area is 161 Å². The fourth-order valence-corrected chi connectivity index (χ4v) is 3.49. The number of likely N-dealkylation sites (tertiary alicyclic amines) is 1. The quantitative estimate of drug-likeness (QED) is 0.552. The molecule has 1 fully saturated rings. The highest BCUT2D eigenvalue weighted by molar-refractivity contribution is 5.79. The second-order valence-corrected chi connectivity index (χ2v) is 7.02. The van der Waals surface area contributed by atoms with Crippen molar-refractivity contribution in [1.82, 2.24) is 15.1 Å². The lowest BCUT2D eigenvalue weighted by molar-refractivity contribution is -0.0498. The summed E-state index contributed by atoms with van der Waals surface area (Å²) in [6.45, 7) is 4.55. The lowest BCUT2D eigenvalue weighted by atomic mass is 9.93. The lowest BCUT2D eigenvalue weighted by Gasteiger charge is -2.31. The van der Waals surface area contributed by atoms with Crippen LogP contribution in [0.25, 0.3) is 0 Å². The zero-order chi connectivity index (χ0) is 19.6. The van der Waals surface area contributed by atoms with Gasteiger partial charge in [0.2, 0.25) is 0 Å². The number of benzene rings is 1. The van der Waals surface area contributed by atoms with Gasteiger partial charge >= 0.3 is 6.61 Å². The third-order valence-electron chi connectivity index (χ3n) is 5.13. The van der Waals surface area contributed by atoms with E-state index in [1.807, 2.05) is 11.9 Å². The van der Waals surface area contributed by atoms with Crippen molar-refractivity contribution in [3.05, 3.63) is 29.8 Å². The van der Waals surface area contributed by atoms with Crippen LogP contribution in [0.3, 0.4) is 0 Å². The number of aliphatic imine (C=N–C) groups is 1. The number of ether oxygens (including phenoxy) is 1. The Morgan fingerprint density at radius 3 is 2.52 bits per heavy atom. The molecule has 7 heteroatoms. The number of alkyl halides is 2. The Kier molecular flexibility index (Phi) is 8.78. The Morgan fingerprint density at radius 2 is 1.96 bits per heavy atom. The third kappa shape index (κ3) is 7.33. The van der Waals surface area contributed by atoms with Crippen molar-refractivity contribution in [2.24, 2.45) is 10.9 Å². The average Bonchev–Trinajstić information content (AvgIpc) is 2.67. The van der Waals surface area contributed by atoms with Crippen LogP contribution in [-0.4, -0.2) is 62.6 Å². The Morgan fingerprint density at radius 1 is 1.30 bits per heavy atom. The van der Waals surface area contributed by atoms with Gasteiger partial charge in [-0.05, 0) is 62.5 Å². The average molecular weight is 382 g/mol. The van der Waals surface area contributed by atoms with Gasteiger partial charge in [0.15, 0.2) is 5.96 Å². The normalized spacial score (nSPS) is 16.6. The van der Waals surface area contributed by atoms with E-state index < -0.39 is 6.61 Å². The summed E-state index contributed by atoms with van der Waals surface area (Å²) in [5, 5.41) is 3.44. The summed E-state index contributed by atoms with van der Waals surface area (Å²) in [5.41, 5.74) is 1.01. The molecule has 0 saturated carbocycles. The largest absolute Gasteiger partial charge is 0.435 e. The number of piperidine rings is 1. The Hall–Kier alpha value is -1.89. The zero-order valence-electron chi connectivity index (χ0n) is 16.6. The van der Waals surface area contributed by atoms with Crippen LogP contribution in [0.2, 0.25) is 0 Å². The van der Waals surface area contributed by atoms with Crippen molar-refractivity contribution in [3.63, 3.8) is 0 Å². The van der Waals surface area contributed by atoms with E-state index in [4.69, 9.17) is 0 Å². The van der Waals surface area contributed by atoms with Crippen molar-refractivity contribution in [2.75, 3.05) is 40.3 Å². The highest BCUT2D eigenvalue weighted by atomic mass is 19.3. The van der Waals surface area contributed by atoms with Gasteiger partial charge in [0.05, 0.1) is 0 Å². The number of halogens is 2. The topological polar surface area (TPSA) is 40.1 Å². The minimum absolute atomic E-state index is 0.174. The molecule has 0 atom stereocenters. The molecule has 0 amide bonds. The molecule has 1 saturated heterocycles. The molecular formula is C20H32F2N4O. The molecule has 1 aliphatic heterocycles. The summed E-state index contributed by atoms with van der Waals surface area (Å²) in [4.78, 5) is 8.89. The van der Waals surface area contributed by atoms with E-state index in [0.717, 1.165) is 37.0 Å². The number of guanidine groups is 1. The molecule has 0 aliphatic carbocycles. The van der Waals surface area contributed by atoms with E-state index in [9.17, 15) is 8.78 Å². The molecule has 0 unspecified atom stereocenters. The van der Waals surface area contributed by atoms with E-state index in [0.29, 0.717) is 6.54 Å². The monoisotopic (exact) mass is 382 g/mol. The highest BCUT2D eigenvalue weighted by Gasteiger charge is 2.18. The van der Waals surface area contributed by atoms with Gasteiger partial charge in [0, 0.05) is 27.2 Å². The summed E-state index contributed by atoms with van der Waals surface area (Å²) >= 11 is 0. The van der Waals surface area contributed by atoms with Gasteiger partial charge < -0.3 is 19.9 Å². The smallest absolute Gasteiger partial charge is 0.387 e. The zero-order valence-corrected chi connectivity index (χ0v) is 16.6. The van der Waals surface area contributed by atoms with Crippen LogP contribution in [0.5, 0.6) is 5.75 Å². The maximum absolute atomic E-state index is 12.2. The molecule has 152 valence electrons. The van der Waals surface area contributed by atoms with Crippen molar-refractivity contribution in [2.45, 2.75) is 39.3 Å². The van der Waals surface area contributed by atoms with Crippen molar-refractivity contribution < 1.29 is 13.5 Å². The predicted molar refractivity (Wildman–Crippen MR) is 105 cm³/mol. The van der Waals surface area contributed by atoms with Crippen LogP contribution in [0.1, 0.15) is 31.7 Å². The highest BCUT2D eigenvalue weighted by Crippen LogP contribution is 2.19. The second kappa shape index (κ2) is 11.1. The fourth-order valence-electron chi connectivity index (χ4n) is 3.49. The van der Waals surface area contributed by atoms with Crippen LogP contribution >= 0.6 is 0 Å². The molecule has 5 nitrogen and oxygen atoms in total. The van der Waals surface area contributed by atoms with Gasteiger partial charge in [-0.15, -0.1) is 0 Å². The summed E-state index contributed by atoms with van der Waals surface area (Å²) in [5.74, 6) is 1.80. The first kappa shape index (κ1) is 21.4. The van der Waals surface area contributed by atoms with E-state index >= 15 is 0 Å². The van der Waals surface area contributed by atoms with Gasteiger partial charge in [-0.3, -0.25) is 4.99 Å². The summed E-state index contributed by atoms with van der Waals surface area (Å²) in [6, 6.07) is 6.72. The molecule has 0 radical (unpaired) electrons. The minimum Gasteiger partial charge on any atom is -0.435 e. The standard InChI is InChI=1S/C20H32F2N4O/c1-4-26-13-10-16(11-14-26)9-12-24-20(23-2)25(3)15-17-5-7-18(8-6-17)27-19(21)22/h5-8,16,19H,4,9-15H2,1-3H3,(H,23,24). The van der Waals surface area contributed by atoms with Crippen molar-refractivity contribution in [1.29, 1.82) is 0 Å². The number of nitrogens with one attached hydrogen (secondary N) is 1. The van der Waals surface area contributed by atoms with E-state index in [1.54, 1.807) is 31.3 Å². The fraction of sp³-hybridized carbons (Fsp3) is 0.650. The Bertz CT molecular complexity index is 572. The molecule has 0 aromatic heterocycles. The maximum atomic E-state index is 12.2. The van der Waals surface area contributed by atoms with Crippen LogP contribution < -0.4 is 10.1 Å². The molecule has 0 spiro atoms. The first-order valence-corrected chi connectivity index (χ1v) is 9.69. The van der Waals surface area contributed by atoms with Crippen LogP contribution in [-0.2, 0) is 6.54 Å². The molecule has 1 heterocycles. The van der Waals surface area contributed by atoms with E-state index in [-0.39, 0.29) is 5.75 Å². The number of nitrogens with zero attached hydrogens (tertiary/aromatic N) is 3. The number of rotatable bonds is 8. The molecule has 2 rings (SSSR count). The number of hydrogen-bond acceptors (Lipinski definition) is 3. The Balaban J connectivity index is 1.74. The lowest BCUT2D eigenvalue weighted by Crippen LogP contribution is -2.40. The second-order valence-electron chi connectivity index (χ2n) is 7.02. The molecule has 0 bridgehead atoms. The van der Waals surface area contributed by atoms with Gasteiger partial charge in [0.1, 0.15) is 5.75 Å². The van der Waals surface area contributed by atoms with Crippen LogP contribution in [0.4, 0.5) is 8.78 Å². The van der Waals surface area contributed by atoms with Crippen LogP contribution in [0.15, 0.2) is 29.3 Å². The summed E-state index contributed by atoms with van der Waals surface area (Å²) < 4.78 is 28.8. The maximum Gasteiger partial charge on any atom is 0.387 e. The molecule has 1 N–H and O–H groups in total.